The number of ketones is 1. The standard InChI is InChI=1S/C12H10N2O/c15-12-5-2-9-8-10(3-4-11(9)12)14-7-1-6-13-14/h1,3-4,6-8H,2,5H2. The summed E-state index contributed by atoms with van der Waals surface area (Å²) in [7, 11) is 0. The van der Waals surface area contributed by atoms with Crippen LogP contribution in [0.2, 0.25) is 0 Å². The third-order valence-corrected chi connectivity index (χ3v) is 2.78. The lowest BCUT2D eigenvalue weighted by Gasteiger charge is -2.03. The van der Waals surface area contributed by atoms with Crippen molar-refractivity contribution in [2.45, 2.75) is 12.8 Å². The number of Topliss-reactive ketones (excluding diaryl/α,β-unsaturated/α-hetero) is 1. The van der Waals surface area contributed by atoms with Crippen LogP contribution >= 0.6 is 0 Å². The lowest BCUT2D eigenvalue weighted by atomic mass is 10.1. The molecule has 1 aromatic heterocycles. The Labute approximate surface area is 87.3 Å². The molecule has 2 aromatic rings. The number of carbonyl (C=O) groups is 1. The van der Waals surface area contributed by atoms with Crippen LogP contribution in [0.25, 0.3) is 5.69 Å². The van der Waals surface area contributed by atoms with Gasteiger partial charge in [0.15, 0.2) is 5.78 Å². The minimum Gasteiger partial charge on any atom is -0.294 e. The Morgan fingerprint density at radius 2 is 2.20 bits per heavy atom. The Morgan fingerprint density at radius 3 is 3.00 bits per heavy atom. The highest BCUT2D eigenvalue weighted by molar-refractivity contribution is 6.00. The maximum Gasteiger partial charge on any atom is 0.163 e. The van der Waals surface area contributed by atoms with Gasteiger partial charge in [-0.1, -0.05) is 0 Å². The summed E-state index contributed by atoms with van der Waals surface area (Å²) in [5.74, 6) is 0.261. The van der Waals surface area contributed by atoms with E-state index in [4.69, 9.17) is 0 Å². The van der Waals surface area contributed by atoms with Gasteiger partial charge in [0.1, 0.15) is 0 Å². The Morgan fingerprint density at radius 1 is 1.27 bits per heavy atom. The van der Waals surface area contributed by atoms with E-state index >= 15 is 0 Å². The molecule has 0 spiro atoms. The summed E-state index contributed by atoms with van der Waals surface area (Å²) in [4.78, 5) is 11.4. The fraction of sp³-hybridized carbons (Fsp3) is 0.167. The van der Waals surface area contributed by atoms with Crippen LogP contribution in [-0.4, -0.2) is 15.6 Å². The number of fused-ring (bicyclic) bond motifs is 1. The number of benzene rings is 1. The molecular formula is C12H10N2O. The first-order valence-electron chi connectivity index (χ1n) is 5.01. The third-order valence-electron chi connectivity index (χ3n) is 2.78. The van der Waals surface area contributed by atoms with Crippen LogP contribution in [0, 0.1) is 0 Å². The quantitative estimate of drug-likeness (QED) is 0.702. The van der Waals surface area contributed by atoms with Crippen molar-refractivity contribution in [2.24, 2.45) is 0 Å². The van der Waals surface area contributed by atoms with Crippen LogP contribution in [0.3, 0.4) is 0 Å². The van der Waals surface area contributed by atoms with Gasteiger partial charge in [-0.05, 0) is 36.2 Å². The van der Waals surface area contributed by atoms with Gasteiger partial charge in [0.05, 0.1) is 5.69 Å². The largest absolute Gasteiger partial charge is 0.294 e. The summed E-state index contributed by atoms with van der Waals surface area (Å²) >= 11 is 0. The second-order valence-corrected chi connectivity index (χ2v) is 3.72. The first-order valence-corrected chi connectivity index (χ1v) is 5.01. The summed E-state index contributed by atoms with van der Waals surface area (Å²) in [5.41, 5.74) is 3.05. The summed E-state index contributed by atoms with van der Waals surface area (Å²) in [5, 5.41) is 4.16. The number of hydrogen-bond donors (Lipinski definition) is 0. The van der Waals surface area contributed by atoms with Gasteiger partial charge < -0.3 is 0 Å². The molecule has 1 aliphatic carbocycles. The van der Waals surface area contributed by atoms with Crippen molar-refractivity contribution in [1.29, 1.82) is 0 Å². The van der Waals surface area contributed by atoms with Gasteiger partial charge in [0, 0.05) is 24.4 Å². The molecule has 0 amide bonds. The predicted molar refractivity (Wildman–Crippen MR) is 56.2 cm³/mol. The molecule has 3 rings (SSSR count). The maximum atomic E-state index is 11.4. The van der Waals surface area contributed by atoms with Crippen molar-refractivity contribution >= 4 is 5.78 Å². The molecule has 0 N–H and O–H groups in total. The van der Waals surface area contributed by atoms with Gasteiger partial charge in [-0.25, -0.2) is 4.68 Å². The van der Waals surface area contributed by atoms with Gasteiger partial charge >= 0.3 is 0 Å². The average Bonchev–Trinajstić information content (AvgIpc) is 2.88. The minimum atomic E-state index is 0.261. The van der Waals surface area contributed by atoms with Crippen LogP contribution in [0.1, 0.15) is 22.3 Å². The predicted octanol–water partition coefficient (Wildman–Crippen LogP) is 2.00. The molecular weight excluding hydrogens is 188 g/mol. The van der Waals surface area contributed by atoms with E-state index in [1.807, 2.05) is 35.1 Å². The molecule has 74 valence electrons. The highest BCUT2D eigenvalue weighted by Gasteiger charge is 2.19. The molecule has 0 radical (unpaired) electrons. The number of rotatable bonds is 1. The summed E-state index contributed by atoms with van der Waals surface area (Å²) in [6, 6.07) is 7.78. The Hall–Kier alpha value is -1.90. The third kappa shape index (κ3) is 1.28. The average molecular weight is 198 g/mol. The highest BCUT2D eigenvalue weighted by Crippen LogP contribution is 2.24. The van der Waals surface area contributed by atoms with Crippen LogP contribution in [0.15, 0.2) is 36.7 Å². The molecule has 1 heterocycles. The molecule has 0 fully saturated rings. The van der Waals surface area contributed by atoms with Crippen LogP contribution in [0.4, 0.5) is 0 Å². The molecule has 15 heavy (non-hydrogen) atoms. The van der Waals surface area contributed by atoms with Crippen molar-refractivity contribution in [3.05, 3.63) is 47.8 Å². The molecule has 3 heteroatoms. The normalized spacial score (nSPS) is 14.3. The van der Waals surface area contributed by atoms with E-state index in [2.05, 4.69) is 5.10 Å². The zero-order valence-electron chi connectivity index (χ0n) is 8.18. The van der Waals surface area contributed by atoms with Gasteiger partial charge in [0.25, 0.3) is 0 Å². The molecule has 0 unspecified atom stereocenters. The highest BCUT2D eigenvalue weighted by atomic mass is 16.1. The number of hydrogen-bond acceptors (Lipinski definition) is 2. The van der Waals surface area contributed by atoms with Gasteiger partial charge in [0.2, 0.25) is 0 Å². The Kier molecular flexibility index (Phi) is 1.71. The molecule has 0 atom stereocenters. The summed E-state index contributed by atoms with van der Waals surface area (Å²) in [6.07, 6.45) is 5.16. The fourth-order valence-electron chi connectivity index (χ4n) is 2.01. The van der Waals surface area contributed by atoms with E-state index in [-0.39, 0.29) is 5.78 Å². The zero-order chi connectivity index (χ0) is 10.3. The van der Waals surface area contributed by atoms with E-state index in [0.717, 1.165) is 23.2 Å². The second-order valence-electron chi connectivity index (χ2n) is 3.72. The topological polar surface area (TPSA) is 34.9 Å². The van der Waals surface area contributed by atoms with Crippen molar-refractivity contribution in [3.63, 3.8) is 0 Å². The van der Waals surface area contributed by atoms with E-state index in [0.29, 0.717) is 6.42 Å². The maximum absolute atomic E-state index is 11.4. The van der Waals surface area contributed by atoms with E-state index in [9.17, 15) is 4.79 Å². The summed E-state index contributed by atoms with van der Waals surface area (Å²) < 4.78 is 1.81. The first kappa shape index (κ1) is 8.41. The molecule has 1 aromatic carbocycles. The molecule has 0 aliphatic heterocycles. The van der Waals surface area contributed by atoms with Gasteiger partial charge in [-0.15, -0.1) is 0 Å². The zero-order valence-corrected chi connectivity index (χ0v) is 8.18. The second kappa shape index (κ2) is 3.05. The molecule has 0 bridgehead atoms. The Balaban J connectivity index is 2.11. The molecule has 1 aliphatic rings. The fourth-order valence-corrected chi connectivity index (χ4v) is 2.01. The van der Waals surface area contributed by atoms with Crippen LogP contribution < -0.4 is 0 Å². The number of aromatic nitrogens is 2. The molecule has 3 nitrogen and oxygen atoms in total. The number of aryl methyl sites for hydroxylation is 1. The van der Waals surface area contributed by atoms with Crippen molar-refractivity contribution in [1.82, 2.24) is 9.78 Å². The van der Waals surface area contributed by atoms with Crippen molar-refractivity contribution < 1.29 is 4.79 Å². The molecule has 0 saturated heterocycles. The molecule has 0 saturated carbocycles. The lowest BCUT2D eigenvalue weighted by molar-refractivity contribution is 0.0994. The van der Waals surface area contributed by atoms with Gasteiger partial charge in [-0.2, -0.15) is 5.10 Å². The van der Waals surface area contributed by atoms with E-state index in [1.54, 1.807) is 6.20 Å². The van der Waals surface area contributed by atoms with Crippen molar-refractivity contribution in [3.8, 4) is 5.69 Å². The first-order chi connectivity index (χ1) is 7.34. The monoisotopic (exact) mass is 198 g/mol. The summed E-state index contributed by atoms with van der Waals surface area (Å²) in [6.45, 7) is 0. The number of carbonyl (C=O) groups excluding carboxylic acids is 1. The smallest absolute Gasteiger partial charge is 0.163 e. The van der Waals surface area contributed by atoms with Crippen molar-refractivity contribution in [2.75, 3.05) is 0 Å². The van der Waals surface area contributed by atoms with E-state index in [1.165, 1.54) is 0 Å². The SMILES string of the molecule is O=C1CCc2cc(-n3cccn3)ccc21. The van der Waals surface area contributed by atoms with E-state index < -0.39 is 0 Å². The minimum absolute atomic E-state index is 0.261. The van der Waals surface area contributed by atoms with Crippen LogP contribution in [0.5, 0.6) is 0 Å². The van der Waals surface area contributed by atoms with Crippen LogP contribution in [-0.2, 0) is 6.42 Å². The lowest BCUT2D eigenvalue weighted by Crippen LogP contribution is -1.97. The van der Waals surface area contributed by atoms with Gasteiger partial charge in [-0.3, -0.25) is 4.79 Å². The Bertz CT molecular complexity index is 514. The number of nitrogens with zero attached hydrogens (tertiary/aromatic N) is 2.